The molecule has 1 fully saturated rings. The van der Waals surface area contributed by atoms with Gasteiger partial charge in [-0.15, -0.1) is 0 Å². The largest absolute Gasteiger partial charge is 0.373 e. The van der Waals surface area contributed by atoms with Gasteiger partial charge in [-0.3, -0.25) is 0 Å². The molecule has 2 rings (SSSR count). The molecule has 0 unspecified atom stereocenters. The lowest BCUT2D eigenvalue weighted by molar-refractivity contribution is 0.0166. The average Bonchev–Trinajstić information content (AvgIpc) is 2.17. The molecule has 2 heteroatoms. The first-order valence-electron chi connectivity index (χ1n) is 4.82. The molecule has 1 nitrogen and oxygen atoms in total. The standard InChI is InChI=1S/C12H13BrO/c13-8-11-6-12(7-11)14-9-10-4-2-1-3-5-10/h1-5,8,12H,6-7,9H2. The first-order valence-corrected chi connectivity index (χ1v) is 5.73. The summed E-state index contributed by atoms with van der Waals surface area (Å²) in [5.74, 6) is 0. The van der Waals surface area contributed by atoms with Gasteiger partial charge < -0.3 is 4.74 Å². The van der Waals surface area contributed by atoms with Gasteiger partial charge in [0, 0.05) is 0 Å². The maximum absolute atomic E-state index is 5.73. The van der Waals surface area contributed by atoms with Crippen LogP contribution in [0.1, 0.15) is 18.4 Å². The van der Waals surface area contributed by atoms with E-state index in [0.717, 1.165) is 19.4 Å². The summed E-state index contributed by atoms with van der Waals surface area (Å²) in [6.45, 7) is 0.737. The van der Waals surface area contributed by atoms with E-state index < -0.39 is 0 Å². The zero-order valence-electron chi connectivity index (χ0n) is 7.95. The normalized spacial score (nSPS) is 20.4. The fourth-order valence-electron chi connectivity index (χ4n) is 1.52. The van der Waals surface area contributed by atoms with Crippen molar-refractivity contribution in [3.63, 3.8) is 0 Å². The Morgan fingerprint density at radius 3 is 2.64 bits per heavy atom. The second kappa shape index (κ2) is 4.76. The Hall–Kier alpha value is -0.600. The van der Waals surface area contributed by atoms with Crippen LogP contribution in [0.25, 0.3) is 0 Å². The molecule has 0 atom stereocenters. The lowest BCUT2D eigenvalue weighted by Gasteiger charge is -2.28. The molecule has 0 bridgehead atoms. The number of hydrogen-bond acceptors (Lipinski definition) is 1. The average molecular weight is 253 g/mol. The third-order valence-electron chi connectivity index (χ3n) is 2.46. The summed E-state index contributed by atoms with van der Waals surface area (Å²) in [7, 11) is 0. The van der Waals surface area contributed by atoms with Crippen LogP contribution in [0.3, 0.4) is 0 Å². The minimum Gasteiger partial charge on any atom is -0.373 e. The zero-order chi connectivity index (χ0) is 9.80. The molecule has 74 valence electrons. The van der Waals surface area contributed by atoms with Gasteiger partial charge >= 0.3 is 0 Å². The van der Waals surface area contributed by atoms with E-state index in [1.165, 1.54) is 11.1 Å². The fraction of sp³-hybridized carbons (Fsp3) is 0.333. The van der Waals surface area contributed by atoms with E-state index in [9.17, 15) is 0 Å². The third-order valence-corrected chi connectivity index (χ3v) is 3.11. The Morgan fingerprint density at radius 2 is 2.00 bits per heavy atom. The molecular weight excluding hydrogens is 240 g/mol. The van der Waals surface area contributed by atoms with E-state index >= 15 is 0 Å². The first kappa shape index (κ1) is 9.94. The van der Waals surface area contributed by atoms with Gasteiger partial charge in [-0.1, -0.05) is 51.8 Å². The molecule has 0 amide bonds. The van der Waals surface area contributed by atoms with Crippen LogP contribution in [0.2, 0.25) is 0 Å². The quantitative estimate of drug-likeness (QED) is 0.799. The van der Waals surface area contributed by atoms with Crippen molar-refractivity contribution in [2.45, 2.75) is 25.6 Å². The predicted molar refractivity (Wildman–Crippen MR) is 61.3 cm³/mol. The molecule has 1 aliphatic rings. The lowest BCUT2D eigenvalue weighted by atomic mass is 9.90. The summed E-state index contributed by atoms with van der Waals surface area (Å²) >= 11 is 3.33. The molecule has 14 heavy (non-hydrogen) atoms. The maximum Gasteiger partial charge on any atom is 0.0720 e. The number of halogens is 1. The first-order chi connectivity index (χ1) is 6.88. The van der Waals surface area contributed by atoms with Crippen LogP contribution >= 0.6 is 15.9 Å². The molecule has 0 spiro atoms. The molecule has 0 N–H and O–H groups in total. The highest BCUT2D eigenvalue weighted by Crippen LogP contribution is 2.30. The number of rotatable bonds is 3. The van der Waals surface area contributed by atoms with Crippen molar-refractivity contribution in [3.05, 3.63) is 46.5 Å². The third kappa shape index (κ3) is 2.46. The molecule has 1 aliphatic carbocycles. The van der Waals surface area contributed by atoms with Gasteiger partial charge in [-0.05, 0) is 23.4 Å². The van der Waals surface area contributed by atoms with Gasteiger partial charge in [0.15, 0.2) is 0 Å². The summed E-state index contributed by atoms with van der Waals surface area (Å²) in [6, 6.07) is 10.3. The topological polar surface area (TPSA) is 9.23 Å². The molecule has 1 aromatic carbocycles. The van der Waals surface area contributed by atoms with Crippen LogP contribution in [0, 0.1) is 0 Å². The van der Waals surface area contributed by atoms with Crippen molar-refractivity contribution in [2.75, 3.05) is 0 Å². The SMILES string of the molecule is BrC=C1CC(OCc2ccccc2)C1. The second-order valence-corrected chi connectivity index (χ2v) is 4.05. The van der Waals surface area contributed by atoms with Gasteiger partial charge in [0.1, 0.15) is 0 Å². The van der Waals surface area contributed by atoms with Gasteiger partial charge in [-0.2, -0.15) is 0 Å². The lowest BCUT2D eigenvalue weighted by Crippen LogP contribution is -2.23. The van der Waals surface area contributed by atoms with E-state index in [1.807, 2.05) is 23.2 Å². The summed E-state index contributed by atoms with van der Waals surface area (Å²) in [4.78, 5) is 2.01. The van der Waals surface area contributed by atoms with E-state index in [4.69, 9.17) is 4.74 Å². The Kier molecular flexibility index (Phi) is 3.38. The van der Waals surface area contributed by atoms with E-state index in [2.05, 4.69) is 28.1 Å². The van der Waals surface area contributed by atoms with Crippen molar-refractivity contribution in [2.24, 2.45) is 0 Å². The molecule has 0 aromatic heterocycles. The zero-order valence-corrected chi connectivity index (χ0v) is 9.53. The summed E-state index contributed by atoms with van der Waals surface area (Å²) in [5, 5.41) is 0. The second-order valence-electron chi connectivity index (χ2n) is 3.59. The molecular formula is C12H13BrO. The van der Waals surface area contributed by atoms with Gasteiger partial charge in [-0.25, -0.2) is 0 Å². The Bertz CT molecular complexity index is 310. The number of hydrogen-bond donors (Lipinski definition) is 0. The van der Waals surface area contributed by atoms with Crippen molar-refractivity contribution in [1.29, 1.82) is 0 Å². The molecule has 1 aromatic rings. The number of benzene rings is 1. The Balaban J connectivity index is 1.74. The predicted octanol–water partition coefficient (Wildman–Crippen LogP) is 3.64. The Labute approximate surface area is 92.9 Å². The molecule has 0 aliphatic heterocycles. The highest BCUT2D eigenvalue weighted by Gasteiger charge is 2.22. The van der Waals surface area contributed by atoms with E-state index in [0.29, 0.717) is 6.10 Å². The van der Waals surface area contributed by atoms with Crippen molar-refractivity contribution < 1.29 is 4.74 Å². The number of ether oxygens (including phenoxy) is 1. The van der Waals surface area contributed by atoms with Crippen molar-refractivity contribution in [1.82, 2.24) is 0 Å². The smallest absolute Gasteiger partial charge is 0.0720 e. The monoisotopic (exact) mass is 252 g/mol. The van der Waals surface area contributed by atoms with Crippen LogP contribution in [0.5, 0.6) is 0 Å². The van der Waals surface area contributed by atoms with E-state index in [-0.39, 0.29) is 0 Å². The fourth-order valence-corrected chi connectivity index (χ4v) is 1.89. The van der Waals surface area contributed by atoms with E-state index in [1.54, 1.807) is 0 Å². The van der Waals surface area contributed by atoms with Crippen molar-refractivity contribution >= 4 is 15.9 Å². The van der Waals surface area contributed by atoms with Crippen LogP contribution in [0.15, 0.2) is 40.9 Å². The summed E-state index contributed by atoms with van der Waals surface area (Å²) < 4.78 is 5.73. The minimum absolute atomic E-state index is 0.430. The van der Waals surface area contributed by atoms with Gasteiger partial charge in [0.2, 0.25) is 0 Å². The van der Waals surface area contributed by atoms with Crippen molar-refractivity contribution in [3.8, 4) is 0 Å². The minimum atomic E-state index is 0.430. The van der Waals surface area contributed by atoms with Gasteiger partial charge in [0.25, 0.3) is 0 Å². The highest BCUT2D eigenvalue weighted by atomic mass is 79.9. The Morgan fingerprint density at radius 1 is 1.29 bits per heavy atom. The van der Waals surface area contributed by atoms with Gasteiger partial charge in [0.05, 0.1) is 12.7 Å². The van der Waals surface area contributed by atoms with Crippen LogP contribution in [-0.2, 0) is 11.3 Å². The summed E-state index contributed by atoms with van der Waals surface area (Å²) in [6.07, 6.45) is 2.59. The molecule has 0 radical (unpaired) electrons. The van der Waals surface area contributed by atoms with Crippen LogP contribution in [0.4, 0.5) is 0 Å². The van der Waals surface area contributed by atoms with Crippen LogP contribution < -0.4 is 0 Å². The molecule has 1 saturated carbocycles. The summed E-state index contributed by atoms with van der Waals surface area (Å²) in [5.41, 5.74) is 2.70. The maximum atomic E-state index is 5.73. The molecule has 0 saturated heterocycles. The molecule has 0 heterocycles. The van der Waals surface area contributed by atoms with Crippen LogP contribution in [-0.4, -0.2) is 6.10 Å². The highest BCUT2D eigenvalue weighted by molar-refractivity contribution is 9.11.